The lowest BCUT2D eigenvalue weighted by atomic mass is 10.3. The van der Waals surface area contributed by atoms with E-state index in [1.54, 1.807) is 0 Å². The first-order valence-electron chi connectivity index (χ1n) is 5.99. The van der Waals surface area contributed by atoms with Crippen molar-refractivity contribution in [2.45, 2.75) is 16.8 Å². The summed E-state index contributed by atoms with van der Waals surface area (Å²) in [6.07, 6.45) is 0.609. The average molecular weight is 335 g/mol. The number of hydrogen-bond acceptors (Lipinski definition) is 4. The third-order valence-electron chi connectivity index (χ3n) is 2.75. The molecule has 0 bridgehead atoms. The third-order valence-corrected chi connectivity index (χ3v) is 5.23. The number of alkyl halides is 3. The number of hydrogen-bond donors (Lipinski definition) is 1. The molecule has 0 spiro atoms. The highest BCUT2D eigenvalue weighted by atomic mass is 32.2. The van der Waals surface area contributed by atoms with Crippen LogP contribution >= 0.6 is 11.3 Å². The van der Waals surface area contributed by atoms with Crippen molar-refractivity contribution in [1.82, 2.24) is 0 Å². The van der Waals surface area contributed by atoms with Crippen LogP contribution < -0.4 is 5.32 Å². The number of benzene rings is 1. The number of rotatable bonds is 5. The van der Waals surface area contributed by atoms with Crippen LogP contribution in [0.25, 0.3) is 0 Å². The molecule has 0 unspecified atom stereocenters. The fourth-order valence-corrected chi connectivity index (χ4v) is 3.39. The molecule has 0 saturated carbocycles. The van der Waals surface area contributed by atoms with Crippen molar-refractivity contribution in [2.24, 2.45) is 0 Å². The van der Waals surface area contributed by atoms with Crippen LogP contribution in [0.3, 0.4) is 0 Å². The van der Waals surface area contributed by atoms with Gasteiger partial charge in [-0.2, -0.15) is 13.2 Å². The van der Waals surface area contributed by atoms with Crippen LogP contribution in [-0.4, -0.2) is 20.5 Å². The highest BCUT2D eigenvalue weighted by Gasteiger charge is 2.47. The molecular formula is C13H12F3NO2S2. The summed E-state index contributed by atoms with van der Waals surface area (Å²) in [6.45, 7) is 0.352. The van der Waals surface area contributed by atoms with Crippen LogP contribution in [0.15, 0.2) is 46.7 Å². The zero-order valence-corrected chi connectivity index (χ0v) is 12.4. The largest absolute Gasteiger partial charge is 0.501 e. The van der Waals surface area contributed by atoms with E-state index in [0.717, 1.165) is 10.9 Å². The molecule has 21 heavy (non-hydrogen) atoms. The Morgan fingerprint density at radius 3 is 2.43 bits per heavy atom. The van der Waals surface area contributed by atoms with Gasteiger partial charge in [-0.15, -0.1) is 11.3 Å². The fraction of sp³-hybridized carbons (Fsp3) is 0.231. The first-order chi connectivity index (χ1) is 9.82. The topological polar surface area (TPSA) is 46.2 Å². The molecule has 0 aliphatic heterocycles. The molecule has 114 valence electrons. The number of halogens is 3. The van der Waals surface area contributed by atoms with Crippen molar-refractivity contribution >= 4 is 26.9 Å². The van der Waals surface area contributed by atoms with Crippen LogP contribution in [0.2, 0.25) is 0 Å². The first kappa shape index (κ1) is 15.8. The lowest BCUT2D eigenvalue weighted by Gasteiger charge is -2.13. The molecular weight excluding hydrogens is 323 g/mol. The molecule has 0 saturated heterocycles. The third kappa shape index (κ3) is 3.56. The van der Waals surface area contributed by atoms with E-state index >= 15 is 0 Å². The monoisotopic (exact) mass is 335 g/mol. The second-order valence-electron chi connectivity index (χ2n) is 4.20. The van der Waals surface area contributed by atoms with Gasteiger partial charge >= 0.3 is 5.51 Å². The minimum Gasteiger partial charge on any atom is -0.384 e. The summed E-state index contributed by atoms with van der Waals surface area (Å²) < 4.78 is 60.9. The molecule has 0 aliphatic carbocycles. The highest BCUT2D eigenvalue weighted by molar-refractivity contribution is 7.92. The van der Waals surface area contributed by atoms with Crippen molar-refractivity contribution in [3.8, 4) is 0 Å². The fourth-order valence-electron chi connectivity index (χ4n) is 1.75. The summed E-state index contributed by atoms with van der Waals surface area (Å²) in [4.78, 5) is 0.322. The lowest BCUT2D eigenvalue weighted by molar-refractivity contribution is -0.0435. The molecule has 1 N–H and O–H groups in total. The van der Waals surface area contributed by atoms with Crippen molar-refractivity contribution < 1.29 is 21.6 Å². The summed E-state index contributed by atoms with van der Waals surface area (Å²) in [5.74, 6) is 0. The lowest BCUT2D eigenvalue weighted by Crippen LogP contribution is -2.24. The van der Waals surface area contributed by atoms with E-state index in [-0.39, 0.29) is 5.69 Å². The highest BCUT2D eigenvalue weighted by Crippen LogP contribution is 2.34. The van der Waals surface area contributed by atoms with Gasteiger partial charge in [0.1, 0.15) is 0 Å². The van der Waals surface area contributed by atoms with Crippen LogP contribution in [0.5, 0.6) is 0 Å². The Labute approximate surface area is 124 Å². The second-order valence-corrected chi connectivity index (χ2v) is 7.14. The van der Waals surface area contributed by atoms with Gasteiger partial charge in [-0.25, -0.2) is 8.42 Å². The maximum absolute atomic E-state index is 12.6. The molecule has 2 rings (SSSR count). The molecule has 0 amide bonds. The van der Waals surface area contributed by atoms with Gasteiger partial charge in [0.25, 0.3) is 9.84 Å². The summed E-state index contributed by atoms with van der Waals surface area (Å²) in [5, 5.41) is 4.66. The SMILES string of the molecule is O=S(=O)(c1ccccc1NCCc1cccs1)C(F)(F)F. The normalized spacial score (nSPS) is 12.3. The standard InChI is InChI=1S/C13H12F3NO2S2/c14-13(15,16)21(18,19)12-6-2-1-5-11(12)17-8-7-10-4-3-9-20-10/h1-6,9,17H,7-8H2. The Kier molecular flexibility index (Phi) is 4.58. The number of para-hydroxylation sites is 1. The van der Waals surface area contributed by atoms with Crippen LogP contribution in [0.1, 0.15) is 4.88 Å². The molecule has 1 aromatic carbocycles. The predicted molar refractivity (Wildman–Crippen MR) is 76.2 cm³/mol. The van der Waals surface area contributed by atoms with E-state index in [4.69, 9.17) is 0 Å². The van der Waals surface area contributed by atoms with Crippen molar-refractivity contribution in [2.75, 3.05) is 11.9 Å². The van der Waals surface area contributed by atoms with E-state index in [2.05, 4.69) is 5.32 Å². The minimum absolute atomic E-state index is 0.0358. The van der Waals surface area contributed by atoms with E-state index in [1.807, 2.05) is 17.5 Å². The smallest absolute Gasteiger partial charge is 0.384 e. The second kappa shape index (κ2) is 6.07. The van der Waals surface area contributed by atoms with Gasteiger partial charge < -0.3 is 5.32 Å². The molecule has 0 radical (unpaired) electrons. The first-order valence-corrected chi connectivity index (χ1v) is 8.35. The quantitative estimate of drug-likeness (QED) is 0.906. The maximum Gasteiger partial charge on any atom is 0.501 e. The Morgan fingerprint density at radius 1 is 1.10 bits per heavy atom. The predicted octanol–water partition coefficient (Wildman–Crippen LogP) is 3.70. The number of anilines is 1. The number of thiophene rings is 1. The zero-order valence-electron chi connectivity index (χ0n) is 10.7. The van der Waals surface area contributed by atoms with Crippen LogP contribution in [0.4, 0.5) is 18.9 Å². The molecule has 0 atom stereocenters. The molecule has 0 aliphatic rings. The van der Waals surface area contributed by atoms with Gasteiger partial charge in [-0.3, -0.25) is 0 Å². The van der Waals surface area contributed by atoms with Crippen molar-refractivity contribution in [3.63, 3.8) is 0 Å². The van der Waals surface area contributed by atoms with Gasteiger partial charge in [0.15, 0.2) is 0 Å². The van der Waals surface area contributed by atoms with Crippen molar-refractivity contribution in [1.29, 1.82) is 0 Å². The van der Waals surface area contributed by atoms with Crippen LogP contribution in [-0.2, 0) is 16.3 Å². The molecule has 0 fully saturated rings. The maximum atomic E-state index is 12.6. The number of nitrogens with one attached hydrogen (secondary N) is 1. The summed E-state index contributed by atoms with van der Waals surface area (Å²) in [7, 11) is -5.35. The summed E-state index contributed by atoms with van der Waals surface area (Å²) in [6, 6.07) is 8.82. The average Bonchev–Trinajstić information content (AvgIpc) is 2.91. The van der Waals surface area contributed by atoms with E-state index < -0.39 is 20.2 Å². The van der Waals surface area contributed by atoms with E-state index in [0.29, 0.717) is 13.0 Å². The Hall–Kier alpha value is -1.54. The van der Waals surface area contributed by atoms with Gasteiger partial charge in [-0.05, 0) is 30.0 Å². The minimum atomic E-state index is -5.35. The van der Waals surface area contributed by atoms with Gasteiger partial charge in [0, 0.05) is 11.4 Å². The Balaban J connectivity index is 2.18. The van der Waals surface area contributed by atoms with Gasteiger partial charge in [0.2, 0.25) is 0 Å². The Bertz CT molecular complexity index is 694. The molecule has 8 heteroatoms. The van der Waals surface area contributed by atoms with Gasteiger partial charge in [-0.1, -0.05) is 18.2 Å². The summed E-state index contributed by atoms with van der Waals surface area (Å²) in [5.41, 5.74) is -5.34. The molecule has 2 aromatic rings. The van der Waals surface area contributed by atoms with E-state index in [1.165, 1.54) is 29.5 Å². The van der Waals surface area contributed by atoms with Crippen LogP contribution in [0, 0.1) is 0 Å². The Morgan fingerprint density at radius 2 is 1.81 bits per heavy atom. The molecule has 1 aromatic heterocycles. The summed E-state index contributed by atoms with van der Waals surface area (Å²) >= 11 is 1.53. The van der Waals surface area contributed by atoms with Crippen molar-refractivity contribution in [3.05, 3.63) is 46.7 Å². The molecule has 1 heterocycles. The zero-order chi connectivity index (χ0) is 15.5. The van der Waals surface area contributed by atoms with Gasteiger partial charge in [0.05, 0.1) is 10.6 Å². The van der Waals surface area contributed by atoms with E-state index in [9.17, 15) is 21.6 Å². The number of sulfone groups is 1. The molecule has 3 nitrogen and oxygen atoms in total.